The summed E-state index contributed by atoms with van der Waals surface area (Å²) < 4.78 is 1.70. The topological polar surface area (TPSA) is 50.2 Å². The summed E-state index contributed by atoms with van der Waals surface area (Å²) in [5.74, 6) is 0.186. The van der Waals surface area contributed by atoms with Crippen LogP contribution in [-0.2, 0) is 11.3 Å². The van der Waals surface area contributed by atoms with E-state index in [2.05, 4.69) is 17.3 Å². The van der Waals surface area contributed by atoms with E-state index in [1.165, 1.54) is 0 Å². The Hall–Kier alpha value is -1.07. The van der Waals surface area contributed by atoms with E-state index in [0.29, 0.717) is 18.0 Å². The average molecular weight is 257 g/mol. The molecule has 1 saturated heterocycles. The van der Waals surface area contributed by atoms with Gasteiger partial charge in [-0.1, -0.05) is 11.6 Å². The van der Waals surface area contributed by atoms with Crippen LogP contribution < -0.4 is 5.32 Å². The summed E-state index contributed by atoms with van der Waals surface area (Å²) in [7, 11) is 0. The molecule has 0 radical (unpaired) electrons. The summed E-state index contributed by atoms with van der Waals surface area (Å²) in [5.41, 5.74) is 0. The highest BCUT2D eigenvalue weighted by molar-refractivity contribution is 6.30. The highest BCUT2D eigenvalue weighted by Gasteiger charge is 2.22. The molecule has 5 nitrogen and oxygen atoms in total. The van der Waals surface area contributed by atoms with Crippen molar-refractivity contribution in [3.63, 3.8) is 0 Å². The molecule has 1 N–H and O–H groups in total. The van der Waals surface area contributed by atoms with Crippen molar-refractivity contribution < 1.29 is 4.79 Å². The molecule has 0 bridgehead atoms. The number of hydrogen-bond acceptors (Lipinski definition) is 3. The SMILES string of the molecule is C[C@H]1CNCCN1C(=O)CCn1cc(Cl)cn1. The quantitative estimate of drug-likeness (QED) is 0.868. The Balaban J connectivity index is 1.84. The number of carbonyl (C=O) groups is 1. The van der Waals surface area contributed by atoms with E-state index in [4.69, 9.17) is 11.6 Å². The molecule has 1 aliphatic heterocycles. The van der Waals surface area contributed by atoms with Crippen LogP contribution in [-0.4, -0.2) is 46.3 Å². The molecule has 0 unspecified atom stereocenters. The number of aromatic nitrogens is 2. The summed E-state index contributed by atoms with van der Waals surface area (Å²) in [5, 5.41) is 7.93. The van der Waals surface area contributed by atoms with Crippen molar-refractivity contribution >= 4 is 17.5 Å². The zero-order chi connectivity index (χ0) is 12.3. The number of aryl methyl sites for hydroxylation is 1. The third kappa shape index (κ3) is 3.20. The van der Waals surface area contributed by atoms with Crippen molar-refractivity contribution in [2.45, 2.75) is 25.9 Å². The number of rotatable bonds is 3. The van der Waals surface area contributed by atoms with Crippen molar-refractivity contribution in [3.05, 3.63) is 17.4 Å². The Morgan fingerprint density at radius 3 is 3.18 bits per heavy atom. The molecule has 1 aromatic rings. The molecule has 2 rings (SSSR count). The standard InChI is InChI=1S/C11H17ClN4O/c1-9-6-13-3-5-16(9)11(17)2-4-15-8-10(12)7-14-15/h7-9,13H,2-6H2,1H3/t9-/m0/s1. The van der Waals surface area contributed by atoms with Gasteiger partial charge in [0.15, 0.2) is 0 Å². The monoisotopic (exact) mass is 256 g/mol. The van der Waals surface area contributed by atoms with Crippen LogP contribution in [0.25, 0.3) is 0 Å². The van der Waals surface area contributed by atoms with E-state index < -0.39 is 0 Å². The fraction of sp³-hybridized carbons (Fsp3) is 0.636. The fourth-order valence-corrected chi connectivity index (χ4v) is 2.18. The molecule has 1 atom stereocenters. The first-order valence-electron chi connectivity index (χ1n) is 5.85. The van der Waals surface area contributed by atoms with E-state index in [9.17, 15) is 4.79 Å². The van der Waals surface area contributed by atoms with Gasteiger partial charge in [0.05, 0.1) is 11.2 Å². The van der Waals surface area contributed by atoms with Crippen molar-refractivity contribution in [2.75, 3.05) is 19.6 Å². The lowest BCUT2D eigenvalue weighted by Crippen LogP contribution is -2.52. The van der Waals surface area contributed by atoms with Crippen LogP contribution in [0.3, 0.4) is 0 Å². The number of amides is 1. The van der Waals surface area contributed by atoms with E-state index in [1.54, 1.807) is 17.1 Å². The minimum absolute atomic E-state index is 0.186. The Morgan fingerprint density at radius 2 is 2.53 bits per heavy atom. The second-order valence-corrected chi connectivity index (χ2v) is 4.75. The van der Waals surface area contributed by atoms with Gasteiger partial charge in [-0.15, -0.1) is 0 Å². The van der Waals surface area contributed by atoms with Gasteiger partial charge < -0.3 is 10.2 Å². The molecule has 1 aromatic heterocycles. The lowest BCUT2D eigenvalue weighted by molar-refractivity contribution is -0.134. The van der Waals surface area contributed by atoms with Gasteiger partial charge >= 0.3 is 0 Å². The maximum Gasteiger partial charge on any atom is 0.224 e. The Bertz CT molecular complexity index is 393. The smallest absolute Gasteiger partial charge is 0.224 e. The number of halogens is 1. The number of nitrogens with zero attached hydrogens (tertiary/aromatic N) is 3. The molecule has 17 heavy (non-hydrogen) atoms. The van der Waals surface area contributed by atoms with Crippen molar-refractivity contribution in [1.29, 1.82) is 0 Å². The van der Waals surface area contributed by atoms with Gasteiger partial charge in [-0.3, -0.25) is 9.48 Å². The Morgan fingerprint density at radius 1 is 1.71 bits per heavy atom. The Labute approximate surface area is 106 Å². The van der Waals surface area contributed by atoms with Gasteiger partial charge in [-0.25, -0.2) is 0 Å². The van der Waals surface area contributed by atoms with Crippen molar-refractivity contribution in [1.82, 2.24) is 20.0 Å². The van der Waals surface area contributed by atoms with Crippen LogP contribution in [0.5, 0.6) is 0 Å². The van der Waals surface area contributed by atoms with E-state index >= 15 is 0 Å². The van der Waals surface area contributed by atoms with Crippen LogP contribution in [0.15, 0.2) is 12.4 Å². The zero-order valence-corrected chi connectivity index (χ0v) is 10.7. The average Bonchev–Trinajstić information content (AvgIpc) is 2.73. The van der Waals surface area contributed by atoms with Crippen LogP contribution in [0.2, 0.25) is 5.02 Å². The van der Waals surface area contributed by atoms with Gasteiger partial charge in [0.25, 0.3) is 0 Å². The minimum Gasteiger partial charge on any atom is -0.337 e. The zero-order valence-electron chi connectivity index (χ0n) is 9.90. The van der Waals surface area contributed by atoms with Gasteiger partial charge in [0, 0.05) is 44.8 Å². The lowest BCUT2D eigenvalue weighted by Gasteiger charge is -2.34. The number of hydrogen-bond donors (Lipinski definition) is 1. The van der Waals surface area contributed by atoms with Crippen molar-refractivity contribution in [2.24, 2.45) is 0 Å². The highest BCUT2D eigenvalue weighted by Crippen LogP contribution is 2.08. The first-order valence-corrected chi connectivity index (χ1v) is 6.23. The van der Waals surface area contributed by atoms with E-state index in [-0.39, 0.29) is 11.9 Å². The maximum absolute atomic E-state index is 12.0. The van der Waals surface area contributed by atoms with Gasteiger partial charge in [-0.2, -0.15) is 5.10 Å². The molecular weight excluding hydrogens is 240 g/mol. The molecule has 1 aliphatic rings. The van der Waals surface area contributed by atoms with E-state index in [0.717, 1.165) is 19.6 Å². The molecular formula is C11H17ClN4O. The molecule has 0 spiro atoms. The second kappa shape index (κ2) is 5.51. The molecule has 1 fully saturated rings. The normalized spacial score (nSPS) is 20.6. The summed E-state index contributed by atoms with van der Waals surface area (Å²) in [6.07, 6.45) is 3.79. The third-order valence-corrected chi connectivity index (χ3v) is 3.17. The largest absolute Gasteiger partial charge is 0.337 e. The number of carbonyl (C=O) groups excluding carboxylic acids is 1. The van der Waals surface area contributed by atoms with Crippen LogP contribution >= 0.6 is 11.6 Å². The Kier molecular flexibility index (Phi) is 4.02. The molecule has 0 aromatic carbocycles. The predicted molar refractivity (Wildman–Crippen MR) is 65.9 cm³/mol. The molecule has 0 aliphatic carbocycles. The molecule has 0 saturated carbocycles. The predicted octanol–water partition coefficient (Wildman–Crippen LogP) is 0.747. The molecule has 94 valence electrons. The van der Waals surface area contributed by atoms with E-state index in [1.807, 2.05) is 4.90 Å². The summed E-state index contributed by atoms with van der Waals surface area (Å²) in [6, 6.07) is 0.275. The summed E-state index contributed by atoms with van der Waals surface area (Å²) >= 11 is 5.76. The first-order chi connectivity index (χ1) is 8.16. The lowest BCUT2D eigenvalue weighted by atomic mass is 10.2. The van der Waals surface area contributed by atoms with Crippen LogP contribution in [0.4, 0.5) is 0 Å². The second-order valence-electron chi connectivity index (χ2n) is 4.31. The summed E-state index contributed by atoms with van der Waals surface area (Å²) in [6.45, 7) is 5.19. The van der Waals surface area contributed by atoms with Crippen molar-refractivity contribution in [3.8, 4) is 0 Å². The fourth-order valence-electron chi connectivity index (χ4n) is 2.03. The van der Waals surface area contributed by atoms with Gasteiger partial charge in [0.1, 0.15) is 0 Å². The van der Waals surface area contributed by atoms with Gasteiger partial charge in [0.2, 0.25) is 5.91 Å². The number of piperazine rings is 1. The maximum atomic E-state index is 12.0. The molecule has 2 heterocycles. The first kappa shape index (κ1) is 12.4. The van der Waals surface area contributed by atoms with Gasteiger partial charge in [-0.05, 0) is 6.92 Å². The number of nitrogens with one attached hydrogen (secondary N) is 1. The van der Waals surface area contributed by atoms with Crippen LogP contribution in [0.1, 0.15) is 13.3 Å². The highest BCUT2D eigenvalue weighted by atomic mass is 35.5. The third-order valence-electron chi connectivity index (χ3n) is 2.98. The molecule has 6 heteroatoms. The molecule has 1 amide bonds. The van der Waals surface area contributed by atoms with Crippen LogP contribution in [0, 0.1) is 0 Å². The minimum atomic E-state index is 0.186. The summed E-state index contributed by atoms with van der Waals surface area (Å²) in [4.78, 5) is 13.9.